The summed E-state index contributed by atoms with van der Waals surface area (Å²) < 4.78 is 0. The molecule has 1 rings (SSSR count). The lowest BCUT2D eigenvalue weighted by molar-refractivity contribution is 0.0115. The van der Waals surface area contributed by atoms with Crippen LogP contribution in [0.1, 0.15) is 53.4 Å². The normalized spacial score (nSPS) is 36.2. The summed E-state index contributed by atoms with van der Waals surface area (Å²) in [4.78, 5) is 0. The fourth-order valence-electron chi connectivity index (χ4n) is 2.00. The second kappa shape index (κ2) is 3.58. The Kier molecular flexibility index (Phi) is 3.03. The van der Waals surface area contributed by atoms with Crippen LogP contribution in [0.25, 0.3) is 0 Å². The highest BCUT2D eigenvalue weighted by molar-refractivity contribution is 4.87. The van der Waals surface area contributed by atoms with Crippen LogP contribution in [-0.4, -0.2) is 22.3 Å². The second-order valence-corrected chi connectivity index (χ2v) is 5.67. The van der Waals surface area contributed by atoms with Crippen molar-refractivity contribution in [1.82, 2.24) is 5.32 Å². The molecule has 0 spiro atoms. The summed E-state index contributed by atoms with van der Waals surface area (Å²) in [6, 6.07) is 0.597. The second-order valence-electron chi connectivity index (χ2n) is 5.67. The van der Waals surface area contributed by atoms with Gasteiger partial charge in [0, 0.05) is 11.6 Å². The zero-order chi connectivity index (χ0) is 10.1. The molecular weight excluding hydrogens is 162 g/mol. The molecule has 0 aromatic rings. The molecule has 0 amide bonds. The van der Waals surface area contributed by atoms with Gasteiger partial charge in [-0.05, 0) is 53.4 Å². The van der Waals surface area contributed by atoms with Crippen LogP contribution in [0.4, 0.5) is 0 Å². The fraction of sp³-hybridized carbons (Fsp3) is 1.00. The van der Waals surface area contributed by atoms with E-state index in [2.05, 4.69) is 26.1 Å². The molecule has 0 saturated heterocycles. The molecule has 1 aliphatic rings. The van der Waals surface area contributed by atoms with Gasteiger partial charge < -0.3 is 10.4 Å². The molecule has 2 heteroatoms. The van der Waals surface area contributed by atoms with Crippen LogP contribution < -0.4 is 5.32 Å². The third-order valence-corrected chi connectivity index (χ3v) is 2.70. The number of hydrogen-bond donors (Lipinski definition) is 2. The number of nitrogens with one attached hydrogen (secondary N) is 1. The molecule has 1 aliphatic carbocycles. The molecule has 13 heavy (non-hydrogen) atoms. The molecule has 2 N–H and O–H groups in total. The smallest absolute Gasteiger partial charge is 0.0621 e. The van der Waals surface area contributed by atoms with Gasteiger partial charge in [-0.1, -0.05) is 0 Å². The monoisotopic (exact) mass is 185 g/mol. The lowest BCUT2D eigenvalue weighted by Gasteiger charge is -2.37. The Morgan fingerprint density at radius 1 is 1.23 bits per heavy atom. The fourth-order valence-corrected chi connectivity index (χ4v) is 2.00. The molecule has 0 unspecified atom stereocenters. The van der Waals surface area contributed by atoms with E-state index in [1.807, 2.05) is 6.92 Å². The van der Waals surface area contributed by atoms with Crippen molar-refractivity contribution < 1.29 is 5.11 Å². The first kappa shape index (κ1) is 11.0. The summed E-state index contributed by atoms with van der Waals surface area (Å²) in [5.41, 5.74) is -0.204. The molecule has 0 bridgehead atoms. The summed E-state index contributed by atoms with van der Waals surface area (Å²) in [6.07, 6.45) is 4.07. The van der Waals surface area contributed by atoms with E-state index in [-0.39, 0.29) is 5.54 Å². The molecule has 0 aromatic heterocycles. The quantitative estimate of drug-likeness (QED) is 0.655. The maximum Gasteiger partial charge on any atom is 0.0621 e. The Bertz CT molecular complexity index is 159. The Balaban J connectivity index is 2.34. The Morgan fingerprint density at radius 3 is 2.08 bits per heavy atom. The third kappa shape index (κ3) is 4.10. The molecule has 78 valence electrons. The average Bonchev–Trinajstić information content (AvgIpc) is 1.91. The highest BCUT2D eigenvalue weighted by Gasteiger charge is 2.29. The molecule has 1 saturated carbocycles. The van der Waals surface area contributed by atoms with E-state index in [9.17, 15) is 5.11 Å². The number of hydrogen-bond acceptors (Lipinski definition) is 2. The highest BCUT2D eigenvalue weighted by atomic mass is 16.3. The minimum Gasteiger partial charge on any atom is -0.390 e. The van der Waals surface area contributed by atoms with E-state index < -0.39 is 5.60 Å². The van der Waals surface area contributed by atoms with Gasteiger partial charge in [0.15, 0.2) is 0 Å². The third-order valence-electron chi connectivity index (χ3n) is 2.70. The number of aliphatic hydroxyl groups is 1. The van der Waals surface area contributed by atoms with Crippen LogP contribution in [0, 0.1) is 0 Å². The lowest BCUT2D eigenvalue weighted by Crippen LogP contribution is -2.47. The molecule has 0 heterocycles. The van der Waals surface area contributed by atoms with Gasteiger partial charge in [-0.2, -0.15) is 0 Å². The summed E-state index contributed by atoms with van der Waals surface area (Å²) in [6.45, 7) is 8.53. The summed E-state index contributed by atoms with van der Waals surface area (Å²) in [5, 5.41) is 13.3. The maximum absolute atomic E-state index is 9.76. The van der Waals surface area contributed by atoms with E-state index in [0.29, 0.717) is 6.04 Å². The van der Waals surface area contributed by atoms with E-state index >= 15 is 0 Å². The molecular formula is C11H23NO. The molecule has 0 aromatic carbocycles. The average molecular weight is 185 g/mol. The van der Waals surface area contributed by atoms with Crippen molar-refractivity contribution in [2.75, 3.05) is 0 Å². The van der Waals surface area contributed by atoms with Gasteiger partial charge in [0.05, 0.1) is 5.60 Å². The molecule has 0 atom stereocenters. The summed E-state index contributed by atoms with van der Waals surface area (Å²) in [5.74, 6) is 0. The van der Waals surface area contributed by atoms with Crippen LogP contribution in [0.5, 0.6) is 0 Å². The van der Waals surface area contributed by atoms with E-state index in [0.717, 1.165) is 25.7 Å². The standard InChI is InChI=1S/C11H23NO/c1-10(2,3)12-9-5-7-11(4,13)8-6-9/h9,12-13H,5-8H2,1-4H3. The highest BCUT2D eigenvalue weighted by Crippen LogP contribution is 2.28. The van der Waals surface area contributed by atoms with Crippen LogP contribution in [0.2, 0.25) is 0 Å². The predicted octanol–water partition coefficient (Wildman–Crippen LogP) is 2.07. The van der Waals surface area contributed by atoms with Crippen molar-refractivity contribution in [3.63, 3.8) is 0 Å². The van der Waals surface area contributed by atoms with Crippen molar-refractivity contribution in [3.05, 3.63) is 0 Å². The van der Waals surface area contributed by atoms with Crippen molar-refractivity contribution >= 4 is 0 Å². The minimum absolute atomic E-state index is 0.202. The van der Waals surface area contributed by atoms with Crippen LogP contribution >= 0.6 is 0 Å². The van der Waals surface area contributed by atoms with Gasteiger partial charge in [0.2, 0.25) is 0 Å². The first-order valence-corrected chi connectivity index (χ1v) is 5.29. The maximum atomic E-state index is 9.76. The largest absolute Gasteiger partial charge is 0.390 e. The Morgan fingerprint density at radius 2 is 1.69 bits per heavy atom. The molecule has 0 radical (unpaired) electrons. The summed E-state index contributed by atoms with van der Waals surface area (Å²) >= 11 is 0. The first-order valence-electron chi connectivity index (χ1n) is 5.29. The summed E-state index contributed by atoms with van der Waals surface area (Å²) in [7, 11) is 0. The number of rotatable bonds is 1. The molecule has 0 aliphatic heterocycles. The van der Waals surface area contributed by atoms with E-state index in [4.69, 9.17) is 0 Å². The van der Waals surface area contributed by atoms with E-state index in [1.165, 1.54) is 0 Å². The van der Waals surface area contributed by atoms with Gasteiger partial charge >= 0.3 is 0 Å². The Labute approximate surface area is 81.7 Å². The van der Waals surface area contributed by atoms with Crippen molar-refractivity contribution in [3.8, 4) is 0 Å². The minimum atomic E-state index is -0.407. The van der Waals surface area contributed by atoms with Crippen molar-refractivity contribution in [1.29, 1.82) is 0 Å². The lowest BCUT2D eigenvalue weighted by atomic mass is 9.83. The van der Waals surface area contributed by atoms with Gasteiger partial charge in [-0.3, -0.25) is 0 Å². The zero-order valence-corrected chi connectivity index (χ0v) is 9.35. The van der Waals surface area contributed by atoms with E-state index in [1.54, 1.807) is 0 Å². The van der Waals surface area contributed by atoms with Gasteiger partial charge in [0.1, 0.15) is 0 Å². The molecule has 1 fully saturated rings. The van der Waals surface area contributed by atoms with Crippen molar-refractivity contribution in [2.45, 2.75) is 70.6 Å². The zero-order valence-electron chi connectivity index (χ0n) is 9.35. The van der Waals surface area contributed by atoms with Gasteiger partial charge in [-0.15, -0.1) is 0 Å². The van der Waals surface area contributed by atoms with Crippen LogP contribution in [-0.2, 0) is 0 Å². The van der Waals surface area contributed by atoms with Crippen LogP contribution in [0.3, 0.4) is 0 Å². The van der Waals surface area contributed by atoms with Gasteiger partial charge in [-0.25, -0.2) is 0 Å². The topological polar surface area (TPSA) is 32.3 Å². The molecule has 2 nitrogen and oxygen atoms in total. The SMILES string of the molecule is CC1(O)CCC(NC(C)(C)C)CC1. The van der Waals surface area contributed by atoms with Crippen LogP contribution in [0.15, 0.2) is 0 Å². The Hall–Kier alpha value is -0.0800. The first-order chi connectivity index (χ1) is 5.79. The van der Waals surface area contributed by atoms with Crippen molar-refractivity contribution in [2.24, 2.45) is 0 Å². The van der Waals surface area contributed by atoms with Gasteiger partial charge in [0.25, 0.3) is 0 Å². The predicted molar refractivity (Wildman–Crippen MR) is 55.8 cm³/mol.